The van der Waals surface area contributed by atoms with E-state index in [1.807, 2.05) is 23.1 Å². The first-order valence-corrected chi connectivity index (χ1v) is 13.7. The minimum absolute atomic E-state index is 0.119. The third kappa shape index (κ3) is 5.90. The number of benzene rings is 1. The summed E-state index contributed by atoms with van der Waals surface area (Å²) in [6, 6.07) is 10.3. The number of aromatic nitrogens is 1. The molecule has 2 aromatic rings. The van der Waals surface area contributed by atoms with Crippen molar-refractivity contribution in [2.24, 2.45) is 17.1 Å². The number of hydrogen-bond acceptors (Lipinski definition) is 5. The van der Waals surface area contributed by atoms with Gasteiger partial charge in [-0.3, -0.25) is 9.59 Å². The number of alkyl halides is 3. The minimum atomic E-state index is -4.12. The Balaban J connectivity index is 1.09. The summed E-state index contributed by atoms with van der Waals surface area (Å²) in [5.74, 6) is 0.128. The maximum atomic E-state index is 13.5. The quantitative estimate of drug-likeness (QED) is 0.522. The Bertz CT molecular complexity index is 1160. The summed E-state index contributed by atoms with van der Waals surface area (Å²) in [6.07, 6.45) is 1.75. The fourth-order valence-electron chi connectivity index (χ4n) is 5.99. The third-order valence-corrected chi connectivity index (χ3v) is 8.66. The molecule has 1 saturated carbocycles. The van der Waals surface area contributed by atoms with E-state index in [1.54, 1.807) is 29.3 Å². The lowest BCUT2D eigenvalue weighted by atomic mass is 9.67. The number of piperidine rings is 1. The molecule has 0 spiro atoms. The van der Waals surface area contributed by atoms with Crippen molar-refractivity contribution in [3.8, 4) is 17.0 Å². The van der Waals surface area contributed by atoms with Gasteiger partial charge in [-0.25, -0.2) is 4.98 Å². The second-order valence-corrected chi connectivity index (χ2v) is 11.2. The number of nitrogens with zero attached hydrogens (tertiary/aromatic N) is 3. The maximum Gasteiger partial charge on any atom is 0.395 e. The Morgan fingerprint density at radius 3 is 2.23 bits per heavy atom. The molecule has 3 aliphatic rings. The van der Waals surface area contributed by atoms with Crippen molar-refractivity contribution in [1.82, 2.24) is 14.8 Å². The molecule has 39 heavy (non-hydrogen) atoms. The molecule has 3 fully saturated rings. The van der Waals surface area contributed by atoms with E-state index in [-0.39, 0.29) is 25.3 Å². The zero-order valence-electron chi connectivity index (χ0n) is 22.0. The van der Waals surface area contributed by atoms with Crippen molar-refractivity contribution in [2.75, 3.05) is 32.8 Å². The molecule has 1 atom stereocenters. The van der Waals surface area contributed by atoms with Crippen LogP contribution in [0.2, 0.25) is 0 Å². The average Bonchev–Trinajstić information content (AvgIpc) is 3.40. The summed E-state index contributed by atoms with van der Waals surface area (Å²) >= 11 is 0. The number of amides is 2. The summed E-state index contributed by atoms with van der Waals surface area (Å²) in [6.45, 7) is 2.46. The zero-order chi connectivity index (χ0) is 27.6. The summed E-state index contributed by atoms with van der Waals surface area (Å²) in [5, 5.41) is 0. The van der Waals surface area contributed by atoms with Crippen LogP contribution in [0.15, 0.2) is 42.6 Å². The molecular formula is C29H35F3N4O3. The SMILES string of the molecule is NC(=O)[C@@H]1CCCN1C(=O)c1ccc(-c2ccc(OCC3CCN(CC4(C(F)(F)F)CCC4)CC3)nc2)cc1. The molecule has 2 saturated heterocycles. The summed E-state index contributed by atoms with van der Waals surface area (Å²) in [5.41, 5.74) is 6.22. The van der Waals surface area contributed by atoms with Gasteiger partial charge in [0, 0.05) is 36.5 Å². The molecule has 1 aliphatic carbocycles. The van der Waals surface area contributed by atoms with Gasteiger partial charge in [-0.2, -0.15) is 13.2 Å². The highest BCUT2D eigenvalue weighted by atomic mass is 19.4. The van der Waals surface area contributed by atoms with Gasteiger partial charge in [0.1, 0.15) is 6.04 Å². The normalized spacial score (nSPS) is 21.9. The lowest BCUT2D eigenvalue weighted by molar-refractivity contribution is -0.256. The number of ether oxygens (including phenoxy) is 1. The molecule has 2 N–H and O–H groups in total. The van der Waals surface area contributed by atoms with Gasteiger partial charge in [0.2, 0.25) is 11.8 Å². The molecule has 5 rings (SSSR count). The van der Waals surface area contributed by atoms with E-state index in [9.17, 15) is 22.8 Å². The van der Waals surface area contributed by atoms with Crippen molar-refractivity contribution >= 4 is 11.8 Å². The Kier molecular flexibility index (Phi) is 7.84. The fourth-order valence-corrected chi connectivity index (χ4v) is 5.99. The molecule has 7 nitrogen and oxygen atoms in total. The van der Waals surface area contributed by atoms with Gasteiger partial charge in [0.05, 0.1) is 12.0 Å². The van der Waals surface area contributed by atoms with Crippen LogP contribution < -0.4 is 10.5 Å². The maximum absolute atomic E-state index is 13.5. The Labute approximate surface area is 226 Å². The highest BCUT2D eigenvalue weighted by molar-refractivity contribution is 5.98. The van der Waals surface area contributed by atoms with E-state index >= 15 is 0 Å². The number of rotatable bonds is 8. The number of carbonyl (C=O) groups is 2. The van der Waals surface area contributed by atoms with E-state index in [0.717, 1.165) is 30.4 Å². The predicted molar refractivity (Wildman–Crippen MR) is 140 cm³/mol. The number of pyridine rings is 1. The molecule has 3 heterocycles. The monoisotopic (exact) mass is 544 g/mol. The van der Waals surface area contributed by atoms with E-state index in [2.05, 4.69) is 4.98 Å². The Morgan fingerprint density at radius 2 is 1.67 bits per heavy atom. The van der Waals surface area contributed by atoms with Gasteiger partial charge >= 0.3 is 6.18 Å². The lowest BCUT2D eigenvalue weighted by Crippen LogP contribution is -2.53. The summed E-state index contributed by atoms with van der Waals surface area (Å²) < 4.78 is 46.4. The van der Waals surface area contributed by atoms with Crippen LogP contribution in [0.5, 0.6) is 5.88 Å². The van der Waals surface area contributed by atoms with Crippen molar-refractivity contribution < 1.29 is 27.5 Å². The molecule has 10 heteroatoms. The third-order valence-electron chi connectivity index (χ3n) is 8.66. The number of likely N-dealkylation sites (tertiary alicyclic amines) is 2. The molecule has 0 bridgehead atoms. The topological polar surface area (TPSA) is 88.8 Å². The first-order chi connectivity index (χ1) is 18.6. The van der Waals surface area contributed by atoms with Crippen molar-refractivity contribution in [3.63, 3.8) is 0 Å². The molecule has 2 amide bonds. The predicted octanol–water partition coefficient (Wildman–Crippen LogP) is 4.66. The number of hydrogen-bond donors (Lipinski definition) is 1. The molecule has 210 valence electrons. The molecule has 0 unspecified atom stereocenters. The highest BCUT2D eigenvalue weighted by Gasteiger charge is 2.58. The van der Waals surface area contributed by atoms with Gasteiger partial charge in [-0.15, -0.1) is 0 Å². The standard InChI is InChI=1S/C29H35F3N4O3/c30-29(31,32)28(12-2-13-28)19-35-15-10-20(11-16-35)18-39-25-9-8-23(17-34-25)21-4-6-22(7-5-21)27(38)36-14-1-3-24(36)26(33)37/h4-9,17,20,24H,1-3,10-16,18-19H2,(H2,33,37)/t24-/m0/s1. The Morgan fingerprint density at radius 1 is 0.974 bits per heavy atom. The van der Waals surface area contributed by atoms with Crippen LogP contribution in [0.3, 0.4) is 0 Å². The summed E-state index contributed by atoms with van der Waals surface area (Å²) in [7, 11) is 0. The van der Waals surface area contributed by atoms with Gasteiger partial charge in [-0.1, -0.05) is 18.6 Å². The van der Waals surface area contributed by atoms with Crippen molar-refractivity contribution in [2.45, 2.75) is 57.2 Å². The van der Waals surface area contributed by atoms with Gasteiger partial charge in [0.25, 0.3) is 5.91 Å². The highest BCUT2D eigenvalue weighted by Crippen LogP contribution is 2.53. The molecule has 2 aliphatic heterocycles. The van der Waals surface area contributed by atoms with E-state index < -0.39 is 23.5 Å². The molecule has 1 aromatic heterocycles. The van der Waals surface area contributed by atoms with Crippen LogP contribution in [0.4, 0.5) is 13.2 Å². The Hall–Kier alpha value is -3.14. The van der Waals surface area contributed by atoms with E-state index in [0.29, 0.717) is 56.4 Å². The number of nitrogens with two attached hydrogens (primary N) is 1. The van der Waals surface area contributed by atoms with Gasteiger partial charge < -0.3 is 20.3 Å². The van der Waals surface area contributed by atoms with Crippen LogP contribution in [0.1, 0.15) is 55.3 Å². The van der Waals surface area contributed by atoms with Crippen LogP contribution in [-0.4, -0.2) is 71.6 Å². The minimum Gasteiger partial charge on any atom is -0.477 e. The second-order valence-electron chi connectivity index (χ2n) is 11.2. The van der Waals surface area contributed by atoms with Crippen molar-refractivity contribution in [1.29, 1.82) is 0 Å². The molecular weight excluding hydrogens is 509 g/mol. The second kappa shape index (κ2) is 11.2. The van der Waals surface area contributed by atoms with Gasteiger partial charge in [-0.05, 0) is 81.3 Å². The largest absolute Gasteiger partial charge is 0.477 e. The first kappa shape index (κ1) is 27.4. The first-order valence-electron chi connectivity index (χ1n) is 13.7. The van der Waals surface area contributed by atoms with Crippen LogP contribution in [0.25, 0.3) is 11.1 Å². The van der Waals surface area contributed by atoms with Crippen LogP contribution in [-0.2, 0) is 4.79 Å². The number of primary amides is 1. The van der Waals surface area contributed by atoms with E-state index in [1.165, 1.54) is 0 Å². The molecule has 1 aromatic carbocycles. The van der Waals surface area contributed by atoms with Crippen LogP contribution >= 0.6 is 0 Å². The van der Waals surface area contributed by atoms with Crippen molar-refractivity contribution in [3.05, 3.63) is 48.2 Å². The average molecular weight is 545 g/mol. The van der Waals surface area contributed by atoms with Crippen LogP contribution in [0, 0.1) is 11.3 Å². The molecule has 0 radical (unpaired) electrons. The van der Waals surface area contributed by atoms with Gasteiger partial charge in [0.15, 0.2) is 0 Å². The fraction of sp³-hybridized carbons (Fsp3) is 0.552. The smallest absolute Gasteiger partial charge is 0.395 e. The lowest BCUT2D eigenvalue weighted by Gasteiger charge is -2.47. The summed E-state index contributed by atoms with van der Waals surface area (Å²) in [4.78, 5) is 32.4. The zero-order valence-corrected chi connectivity index (χ0v) is 22.0. The number of halogens is 3. The van der Waals surface area contributed by atoms with E-state index in [4.69, 9.17) is 10.5 Å². The number of carbonyl (C=O) groups excluding carboxylic acids is 2.